The van der Waals surface area contributed by atoms with Crippen molar-refractivity contribution in [2.75, 3.05) is 6.54 Å². The van der Waals surface area contributed by atoms with Crippen molar-refractivity contribution in [2.24, 2.45) is 7.05 Å². The first-order valence-electron chi connectivity index (χ1n) is 6.90. The molecule has 0 aromatic carbocycles. The smallest absolute Gasteiger partial charge is 0.271 e. The highest BCUT2D eigenvalue weighted by atomic mass is 16.4. The first-order chi connectivity index (χ1) is 9.81. The van der Waals surface area contributed by atoms with Crippen molar-refractivity contribution in [1.82, 2.24) is 15.1 Å². The molecule has 0 saturated heterocycles. The minimum Gasteiger partial charge on any atom is -0.466 e. The van der Waals surface area contributed by atoms with E-state index >= 15 is 0 Å². The van der Waals surface area contributed by atoms with E-state index in [0.717, 1.165) is 5.69 Å². The number of carbonyl (C=O) groups is 1. The van der Waals surface area contributed by atoms with Gasteiger partial charge in [-0.3, -0.25) is 9.48 Å². The molecule has 2 N–H and O–H groups in total. The third-order valence-corrected chi connectivity index (χ3v) is 3.39. The van der Waals surface area contributed by atoms with Crippen molar-refractivity contribution in [3.8, 4) is 0 Å². The lowest BCUT2D eigenvalue weighted by molar-refractivity contribution is 0.0329. The SMILES string of the molecule is CC(C)c1cc(C(=O)NCC(C)(O)c2ccco2)nn1C. The minimum atomic E-state index is -1.26. The van der Waals surface area contributed by atoms with E-state index in [0.29, 0.717) is 11.5 Å². The van der Waals surface area contributed by atoms with Gasteiger partial charge in [0.2, 0.25) is 0 Å². The van der Waals surface area contributed by atoms with Gasteiger partial charge >= 0.3 is 0 Å². The zero-order valence-corrected chi connectivity index (χ0v) is 12.8. The highest BCUT2D eigenvalue weighted by Crippen LogP contribution is 2.20. The molecule has 6 heteroatoms. The summed E-state index contributed by atoms with van der Waals surface area (Å²) in [6.45, 7) is 5.72. The molecule has 0 bridgehead atoms. The van der Waals surface area contributed by atoms with Gasteiger partial charge in [-0.15, -0.1) is 0 Å². The summed E-state index contributed by atoms with van der Waals surface area (Å²) in [5.41, 5.74) is 0.0730. The summed E-state index contributed by atoms with van der Waals surface area (Å²) in [7, 11) is 1.81. The van der Waals surface area contributed by atoms with Crippen molar-refractivity contribution >= 4 is 5.91 Å². The van der Waals surface area contributed by atoms with Crippen molar-refractivity contribution in [3.05, 3.63) is 41.6 Å². The highest BCUT2D eigenvalue weighted by Gasteiger charge is 2.27. The average molecular weight is 291 g/mol. The lowest BCUT2D eigenvalue weighted by Gasteiger charge is -2.20. The summed E-state index contributed by atoms with van der Waals surface area (Å²) in [5, 5.41) is 17.2. The number of nitrogens with one attached hydrogen (secondary N) is 1. The van der Waals surface area contributed by atoms with Gasteiger partial charge in [0.1, 0.15) is 17.1 Å². The molecule has 0 spiro atoms. The van der Waals surface area contributed by atoms with Gasteiger partial charge in [-0.25, -0.2) is 0 Å². The number of rotatable bonds is 5. The maximum absolute atomic E-state index is 12.1. The molecule has 0 aliphatic carbocycles. The van der Waals surface area contributed by atoms with Crippen molar-refractivity contribution in [2.45, 2.75) is 32.3 Å². The predicted octanol–water partition coefficient (Wildman–Crippen LogP) is 1.77. The molecule has 2 rings (SSSR count). The summed E-state index contributed by atoms with van der Waals surface area (Å²) < 4.78 is 6.87. The van der Waals surface area contributed by atoms with Crippen LogP contribution in [0, 0.1) is 0 Å². The van der Waals surface area contributed by atoms with Crippen molar-refractivity contribution < 1.29 is 14.3 Å². The van der Waals surface area contributed by atoms with Crippen LogP contribution in [-0.2, 0) is 12.6 Å². The standard InChI is InChI=1S/C15H21N3O3/c1-10(2)12-8-11(17-18(12)4)14(19)16-9-15(3,20)13-6-5-7-21-13/h5-8,10,20H,9H2,1-4H3,(H,16,19). The Bertz CT molecular complexity index is 612. The summed E-state index contributed by atoms with van der Waals surface area (Å²) >= 11 is 0. The maximum Gasteiger partial charge on any atom is 0.271 e. The Labute approximate surface area is 123 Å². The van der Waals surface area contributed by atoms with Gasteiger partial charge in [-0.2, -0.15) is 5.10 Å². The topological polar surface area (TPSA) is 80.3 Å². The van der Waals surface area contributed by atoms with Gasteiger partial charge in [-0.1, -0.05) is 13.8 Å². The second-order valence-corrected chi connectivity index (χ2v) is 5.67. The molecule has 2 aromatic heterocycles. The van der Waals surface area contributed by atoms with Crippen LogP contribution in [0.5, 0.6) is 0 Å². The normalized spacial score (nSPS) is 14.2. The molecule has 0 aliphatic rings. The van der Waals surface area contributed by atoms with Crippen molar-refractivity contribution in [3.63, 3.8) is 0 Å². The predicted molar refractivity (Wildman–Crippen MR) is 77.9 cm³/mol. The van der Waals surface area contributed by atoms with Crippen LogP contribution in [0.15, 0.2) is 28.9 Å². The van der Waals surface area contributed by atoms with E-state index in [1.165, 1.54) is 6.26 Å². The van der Waals surface area contributed by atoms with Gasteiger partial charge < -0.3 is 14.8 Å². The summed E-state index contributed by atoms with van der Waals surface area (Å²) in [5.74, 6) is 0.381. The summed E-state index contributed by atoms with van der Waals surface area (Å²) in [6.07, 6.45) is 1.49. The van der Waals surface area contributed by atoms with Crippen LogP contribution in [0.4, 0.5) is 0 Å². The number of amides is 1. The van der Waals surface area contributed by atoms with Crippen LogP contribution in [0.1, 0.15) is 48.6 Å². The van der Waals surface area contributed by atoms with Crippen LogP contribution < -0.4 is 5.32 Å². The van der Waals surface area contributed by atoms with E-state index in [1.807, 2.05) is 20.9 Å². The van der Waals surface area contributed by atoms with Crippen LogP contribution in [0.3, 0.4) is 0 Å². The summed E-state index contributed by atoms with van der Waals surface area (Å²) in [6, 6.07) is 5.13. The number of nitrogens with zero attached hydrogens (tertiary/aromatic N) is 2. The molecular weight excluding hydrogens is 270 g/mol. The number of aromatic nitrogens is 2. The summed E-state index contributed by atoms with van der Waals surface area (Å²) in [4.78, 5) is 12.1. The van der Waals surface area contributed by atoms with Crippen molar-refractivity contribution in [1.29, 1.82) is 0 Å². The number of carbonyl (C=O) groups excluding carboxylic acids is 1. The third-order valence-electron chi connectivity index (χ3n) is 3.39. The first kappa shape index (κ1) is 15.3. The monoisotopic (exact) mass is 291 g/mol. The zero-order chi connectivity index (χ0) is 15.6. The molecule has 21 heavy (non-hydrogen) atoms. The Morgan fingerprint density at radius 1 is 1.57 bits per heavy atom. The highest BCUT2D eigenvalue weighted by molar-refractivity contribution is 5.92. The van der Waals surface area contributed by atoms with E-state index in [4.69, 9.17) is 4.42 Å². The number of hydrogen-bond donors (Lipinski definition) is 2. The molecule has 0 aliphatic heterocycles. The van der Waals surface area contributed by atoms with E-state index in [-0.39, 0.29) is 18.4 Å². The van der Waals surface area contributed by atoms with E-state index in [2.05, 4.69) is 10.4 Å². The number of furan rings is 1. The molecule has 1 atom stereocenters. The molecule has 2 aromatic rings. The van der Waals surface area contributed by atoms with Gasteiger partial charge in [0.05, 0.1) is 12.8 Å². The number of aryl methyl sites for hydroxylation is 1. The average Bonchev–Trinajstić information content (AvgIpc) is 3.05. The zero-order valence-electron chi connectivity index (χ0n) is 12.8. The van der Waals surface area contributed by atoms with E-state index in [9.17, 15) is 9.90 Å². The molecule has 0 saturated carbocycles. The fourth-order valence-electron chi connectivity index (χ4n) is 2.15. The van der Waals surface area contributed by atoms with E-state index < -0.39 is 5.60 Å². The molecular formula is C15H21N3O3. The Hall–Kier alpha value is -2.08. The van der Waals surface area contributed by atoms with Gasteiger partial charge in [0.25, 0.3) is 5.91 Å². The second kappa shape index (κ2) is 5.73. The van der Waals surface area contributed by atoms with Crippen LogP contribution >= 0.6 is 0 Å². The molecule has 1 amide bonds. The number of aliphatic hydroxyl groups is 1. The van der Waals surface area contributed by atoms with Gasteiger partial charge in [-0.05, 0) is 31.0 Å². The second-order valence-electron chi connectivity index (χ2n) is 5.67. The lowest BCUT2D eigenvalue weighted by atomic mass is 10.0. The van der Waals surface area contributed by atoms with Crippen LogP contribution in [-0.4, -0.2) is 27.3 Å². The molecule has 2 heterocycles. The molecule has 114 valence electrons. The van der Waals surface area contributed by atoms with Crippen LogP contribution in [0.25, 0.3) is 0 Å². The minimum absolute atomic E-state index is 0.0485. The van der Waals surface area contributed by atoms with E-state index in [1.54, 1.807) is 29.8 Å². The lowest BCUT2D eigenvalue weighted by Crippen LogP contribution is -2.38. The largest absolute Gasteiger partial charge is 0.466 e. The Balaban J connectivity index is 2.04. The molecule has 0 radical (unpaired) electrons. The molecule has 0 fully saturated rings. The Morgan fingerprint density at radius 2 is 2.29 bits per heavy atom. The first-order valence-corrected chi connectivity index (χ1v) is 6.90. The maximum atomic E-state index is 12.1. The quantitative estimate of drug-likeness (QED) is 0.880. The molecule has 1 unspecified atom stereocenters. The number of hydrogen-bond acceptors (Lipinski definition) is 4. The van der Waals surface area contributed by atoms with Gasteiger partial charge in [0.15, 0.2) is 0 Å². The fraction of sp³-hybridized carbons (Fsp3) is 0.467. The Kier molecular flexibility index (Phi) is 4.18. The molecule has 6 nitrogen and oxygen atoms in total. The fourth-order valence-corrected chi connectivity index (χ4v) is 2.15. The van der Waals surface area contributed by atoms with Crippen LogP contribution in [0.2, 0.25) is 0 Å². The third kappa shape index (κ3) is 3.33. The van der Waals surface area contributed by atoms with Gasteiger partial charge in [0, 0.05) is 12.7 Å². The Morgan fingerprint density at radius 3 is 2.81 bits per heavy atom.